The van der Waals surface area contributed by atoms with Crippen molar-refractivity contribution in [2.24, 2.45) is 0 Å². The number of nitrogens with zero attached hydrogens (tertiary/aromatic N) is 2. The van der Waals surface area contributed by atoms with E-state index in [0.29, 0.717) is 17.5 Å². The van der Waals surface area contributed by atoms with Gasteiger partial charge in [0.05, 0.1) is 5.75 Å². The van der Waals surface area contributed by atoms with Crippen LogP contribution in [0, 0.1) is 0 Å². The van der Waals surface area contributed by atoms with Gasteiger partial charge in [0.2, 0.25) is 5.91 Å². The van der Waals surface area contributed by atoms with Crippen LogP contribution < -0.4 is 5.32 Å². The van der Waals surface area contributed by atoms with Crippen molar-refractivity contribution in [2.45, 2.75) is 16.5 Å². The van der Waals surface area contributed by atoms with E-state index in [-0.39, 0.29) is 5.91 Å². The van der Waals surface area contributed by atoms with E-state index in [9.17, 15) is 4.79 Å². The number of nitrogens with one attached hydrogen (secondary N) is 2. The Hall–Kier alpha value is -1.47. The molecule has 0 aliphatic rings. The number of aromatic nitrogens is 3. The molecular weight excluding hydrogens is 292 g/mol. The maximum Gasteiger partial charge on any atom is 0.230 e. The lowest BCUT2D eigenvalue weighted by molar-refractivity contribution is -0.118. The highest BCUT2D eigenvalue weighted by atomic mass is 32.2. The third-order valence-corrected chi connectivity index (χ3v) is 4.36. The molecule has 1 aromatic carbocycles. The van der Waals surface area contributed by atoms with Crippen molar-refractivity contribution in [3.8, 4) is 0 Å². The maximum atomic E-state index is 11.6. The largest absolute Gasteiger partial charge is 0.355 e. The van der Waals surface area contributed by atoms with Gasteiger partial charge in [0, 0.05) is 11.4 Å². The van der Waals surface area contributed by atoms with Gasteiger partial charge in [0.15, 0.2) is 5.16 Å². The number of hydrogen-bond donors (Lipinski definition) is 2. The number of hydrogen-bond acceptors (Lipinski definition) is 5. The smallest absolute Gasteiger partial charge is 0.230 e. The minimum absolute atomic E-state index is 0.0242. The quantitative estimate of drug-likeness (QED) is 0.578. The second-order valence-corrected chi connectivity index (χ2v) is 6.08. The van der Waals surface area contributed by atoms with Crippen LogP contribution in [0.1, 0.15) is 6.42 Å². The van der Waals surface area contributed by atoms with Gasteiger partial charge in [0.1, 0.15) is 6.33 Å². The molecule has 2 rings (SSSR count). The number of thioether (sulfide) groups is 2. The van der Waals surface area contributed by atoms with Gasteiger partial charge in [-0.2, -0.15) is 5.10 Å². The molecule has 5 nitrogen and oxygen atoms in total. The molecule has 0 bridgehead atoms. The van der Waals surface area contributed by atoms with Crippen molar-refractivity contribution in [3.63, 3.8) is 0 Å². The van der Waals surface area contributed by atoms with Crippen LogP contribution in [0.5, 0.6) is 0 Å². The predicted octanol–water partition coefficient (Wildman–Crippen LogP) is 2.20. The van der Waals surface area contributed by atoms with E-state index < -0.39 is 0 Å². The molecule has 0 radical (unpaired) electrons. The van der Waals surface area contributed by atoms with Crippen LogP contribution in [-0.2, 0) is 4.79 Å². The van der Waals surface area contributed by atoms with Crippen LogP contribution in [0.2, 0.25) is 0 Å². The fourth-order valence-corrected chi connectivity index (χ4v) is 2.94. The number of carbonyl (C=O) groups excluding carboxylic acids is 1. The van der Waals surface area contributed by atoms with Crippen molar-refractivity contribution < 1.29 is 4.79 Å². The number of H-pyrrole nitrogens is 1. The molecular formula is C13H16N4OS2. The van der Waals surface area contributed by atoms with Crippen molar-refractivity contribution >= 4 is 29.4 Å². The molecule has 0 spiro atoms. The molecule has 20 heavy (non-hydrogen) atoms. The first-order valence-corrected chi connectivity index (χ1v) is 8.24. The first kappa shape index (κ1) is 14.9. The first-order chi connectivity index (χ1) is 9.84. The van der Waals surface area contributed by atoms with Gasteiger partial charge < -0.3 is 5.32 Å². The zero-order valence-corrected chi connectivity index (χ0v) is 12.5. The van der Waals surface area contributed by atoms with Gasteiger partial charge in [-0.3, -0.25) is 9.89 Å². The van der Waals surface area contributed by atoms with Crippen molar-refractivity contribution in [1.29, 1.82) is 0 Å². The van der Waals surface area contributed by atoms with Gasteiger partial charge in [-0.25, -0.2) is 4.98 Å². The molecule has 0 saturated carbocycles. The molecule has 1 amide bonds. The minimum atomic E-state index is 0.0242. The van der Waals surface area contributed by atoms with Crippen LogP contribution >= 0.6 is 23.5 Å². The molecule has 0 fully saturated rings. The Morgan fingerprint density at radius 1 is 1.25 bits per heavy atom. The molecule has 2 aromatic rings. The predicted molar refractivity (Wildman–Crippen MR) is 81.9 cm³/mol. The van der Waals surface area contributed by atoms with E-state index >= 15 is 0 Å². The molecule has 0 aliphatic carbocycles. The lowest BCUT2D eigenvalue weighted by Gasteiger charge is -2.04. The highest BCUT2D eigenvalue weighted by Gasteiger charge is 2.03. The number of carbonyl (C=O) groups is 1. The lowest BCUT2D eigenvalue weighted by atomic mass is 10.4. The molecule has 0 saturated heterocycles. The molecule has 0 aliphatic heterocycles. The Morgan fingerprint density at radius 2 is 2.10 bits per heavy atom. The topological polar surface area (TPSA) is 70.7 Å². The maximum absolute atomic E-state index is 11.6. The fraction of sp³-hybridized carbons (Fsp3) is 0.308. The Kier molecular flexibility index (Phi) is 6.46. The van der Waals surface area contributed by atoms with E-state index in [1.807, 2.05) is 18.2 Å². The summed E-state index contributed by atoms with van der Waals surface area (Å²) in [4.78, 5) is 16.8. The SMILES string of the molecule is O=C(CSc1ncn[nH]1)NCCCSc1ccccc1. The number of rotatable bonds is 8. The molecule has 7 heteroatoms. The van der Waals surface area contributed by atoms with Gasteiger partial charge >= 0.3 is 0 Å². The van der Waals surface area contributed by atoms with E-state index in [0.717, 1.165) is 12.2 Å². The van der Waals surface area contributed by atoms with E-state index in [1.165, 1.54) is 23.0 Å². The van der Waals surface area contributed by atoms with Crippen LogP contribution in [0.15, 0.2) is 46.7 Å². The molecule has 106 valence electrons. The van der Waals surface area contributed by atoms with E-state index in [2.05, 4.69) is 32.6 Å². The Morgan fingerprint density at radius 3 is 2.85 bits per heavy atom. The summed E-state index contributed by atoms with van der Waals surface area (Å²) >= 11 is 3.15. The summed E-state index contributed by atoms with van der Waals surface area (Å²) in [5, 5.41) is 9.99. The fourth-order valence-electron chi connectivity index (χ4n) is 1.46. The molecule has 1 aromatic heterocycles. The number of benzene rings is 1. The monoisotopic (exact) mass is 308 g/mol. The Labute approximate surface area is 126 Å². The highest BCUT2D eigenvalue weighted by molar-refractivity contribution is 7.99. The van der Waals surface area contributed by atoms with Crippen LogP contribution in [0.4, 0.5) is 0 Å². The number of amides is 1. The average Bonchev–Trinajstić information content (AvgIpc) is 2.99. The van der Waals surface area contributed by atoms with Gasteiger partial charge in [0.25, 0.3) is 0 Å². The van der Waals surface area contributed by atoms with Crippen LogP contribution in [-0.4, -0.2) is 39.1 Å². The normalized spacial score (nSPS) is 10.4. The van der Waals surface area contributed by atoms with Crippen molar-refractivity contribution in [2.75, 3.05) is 18.1 Å². The van der Waals surface area contributed by atoms with E-state index in [1.54, 1.807) is 11.8 Å². The summed E-state index contributed by atoms with van der Waals surface area (Å²) in [6.45, 7) is 0.704. The molecule has 0 unspecified atom stereocenters. The summed E-state index contributed by atoms with van der Waals surface area (Å²) in [7, 11) is 0. The summed E-state index contributed by atoms with van der Waals surface area (Å²) in [6, 6.07) is 10.3. The third kappa shape index (κ3) is 5.66. The van der Waals surface area contributed by atoms with Crippen molar-refractivity contribution in [1.82, 2.24) is 20.5 Å². The Bertz CT molecular complexity index is 504. The standard InChI is InChI=1S/C13H16N4OS2/c18-12(9-20-13-15-10-16-17-13)14-7-4-8-19-11-5-2-1-3-6-11/h1-3,5-6,10H,4,7-9H2,(H,14,18)(H,15,16,17). The Balaban J connectivity index is 1.51. The molecule has 2 N–H and O–H groups in total. The summed E-state index contributed by atoms with van der Waals surface area (Å²) in [6.07, 6.45) is 2.39. The number of aromatic amines is 1. The van der Waals surface area contributed by atoms with Crippen LogP contribution in [0.3, 0.4) is 0 Å². The molecule has 0 atom stereocenters. The summed E-state index contributed by atoms with van der Waals surface area (Å²) in [5.41, 5.74) is 0. The zero-order chi connectivity index (χ0) is 14.0. The second-order valence-electron chi connectivity index (χ2n) is 3.94. The first-order valence-electron chi connectivity index (χ1n) is 6.27. The third-order valence-electron chi connectivity index (χ3n) is 2.39. The lowest BCUT2D eigenvalue weighted by Crippen LogP contribution is -2.26. The van der Waals surface area contributed by atoms with Gasteiger partial charge in [-0.1, -0.05) is 30.0 Å². The second kappa shape index (κ2) is 8.65. The van der Waals surface area contributed by atoms with Gasteiger partial charge in [-0.05, 0) is 24.3 Å². The van der Waals surface area contributed by atoms with Gasteiger partial charge in [-0.15, -0.1) is 11.8 Å². The summed E-state index contributed by atoms with van der Waals surface area (Å²) in [5.74, 6) is 1.39. The minimum Gasteiger partial charge on any atom is -0.355 e. The van der Waals surface area contributed by atoms with E-state index in [4.69, 9.17) is 0 Å². The highest BCUT2D eigenvalue weighted by Crippen LogP contribution is 2.17. The average molecular weight is 308 g/mol. The molecule has 1 heterocycles. The summed E-state index contributed by atoms with van der Waals surface area (Å²) < 4.78 is 0. The van der Waals surface area contributed by atoms with Crippen molar-refractivity contribution in [3.05, 3.63) is 36.7 Å². The zero-order valence-electron chi connectivity index (χ0n) is 10.9. The van der Waals surface area contributed by atoms with Crippen LogP contribution in [0.25, 0.3) is 0 Å².